The van der Waals surface area contributed by atoms with Gasteiger partial charge in [-0.3, -0.25) is 0 Å². The lowest BCUT2D eigenvalue weighted by Crippen LogP contribution is -2.43. The number of rotatable bonds is 5. The maximum Gasteiger partial charge on any atom is 0.115 e. The van der Waals surface area contributed by atoms with E-state index in [0.29, 0.717) is 24.9 Å². The zero-order valence-electron chi connectivity index (χ0n) is 14.5. The van der Waals surface area contributed by atoms with Gasteiger partial charge in [0.2, 0.25) is 0 Å². The van der Waals surface area contributed by atoms with Gasteiger partial charge < -0.3 is 19.1 Å². The van der Waals surface area contributed by atoms with Crippen molar-refractivity contribution >= 4 is 5.69 Å². The van der Waals surface area contributed by atoms with Crippen LogP contribution in [0.2, 0.25) is 0 Å². The molecule has 2 aliphatic rings. The fourth-order valence-corrected chi connectivity index (χ4v) is 3.23. The van der Waals surface area contributed by atoms with E-state index in [9.17, 15) is 0 Å². The molecule has 1 saturated heterocycles. The highest BCUT2D eigenvalue weighted by Gasteiger charge is 2.32. The van der Waals surface area contributed by atoms with E-state index in [2.05, 4.69) is 33.9 Å². The number of nitrogens with zero attached hydrogens (tertiary/aromatic N) is 2. The first-order chi connectivity index (χ1) is 11.8. The molecule has 3 rings (SSSR count). The van der Waals surface area contributed by atoms with Gasteiger partial charge in [-0.1, -0.05) is 5.92 Å². The highest BCUT2D eigenvalue weighted by molar-refractivity contribution is 5.50. The Morgan fingerprint density at radius 2 is 1.96 bits per heavy atom. The summed E-state index contributed by atoms with van der Waals surface area (Å²) < 4.78 is 16.4. The summed E-state index contributed by atoms with van der Waals surface area (Å²) in [6.45, 7) is 2.46. The second-order valence-electron chi connectivity index (χ2n) is 6.41. The quantitative estimate of drug-likeness (QED) is 0.775. The molecule has 5 nitrogen and oxygen atoms in total. The number of anilines is 1. The molecule has 5 heteroatoms. The van der Waals surface area contributed by atoms with Crippen LogP contribution in [-0.2, 0) is 14.2 Å². The predicted molar refractivity (Wildman–Crippen MR) is 93.1 cm³/mol. The van der Waals surface area contributed by atoms with Gasteiger partial charge in [0.05, 0.1) is 18.3 Å². The van der Waals surface area contributed by atoms with Gasteiger partial charge in [-0.25, -0.2) is 4.98 Å². The van der Waals surface area contributed by atoms with Gasteiger partial charge in [0.15, 0.2) is 0 Å². The predicted octanol–water partition coefficient (Wildman–Crippen LogP) is 2.24. The number of piperidine rings is 1. The standard InChI is InChI=1S/C19H26N2O3/c1-22-11-3-4-15-12-16(5-8-20-15)21-9-6-17(7-10-21)24-19-13-18(14-19)23-2/h5,8,12,17-19H,6-7,9-11,13-14H2,1-2H3. The largest absolute Gasteiger partial charge is 0.381 e. The molecule has 1 aliphatic carbocycles. The molecule has 0 atom stereocenters. The van der Waals surface area contributed by atoms with Crippen LogP contribution in [0.15, 0.2) is 18.3 Å². The van der Waals surface area contributed by atoms with Crippen molar-refractivity contribution < 1.29 is 14.2 Å². The summed E-state index contributed by atoms with van der Waals surface area (Å²) in [5.41, 5.74) is 1.98. The molecule has 24 heavy (non-hydrogen) atoms. The minimum atomic E-state index is 0.381. The van der Waals surface area contributed by atoms with Crippen molar-refractivity contribution in [3.8, 4) is 11.8 Å². The van der Waals surface area contributed by atoms with E-state index in [1.54, 1.807) is 14.2 Å². The summed E-state index contributed by atoms with van der Waals surface area (Å²) in [7, 11) is 3.42. The Bertz CT molecular complexity index is 582. The molecule has 0 unspecified atom stereocenters. The molecule has 1 aliphatic heterocycles. The highest BCUT2D eigenvalue weighted by Crippen LogP contribution is 2.30. The van der Waals surface area contributed by atoms with Crippen molar-refractivity contribution in [2.24, 2.45) is 0 Å². The molecular formula is C19H26N2O3. The number of aromatic nitrogens is 1. The summed E-state index contributed by atoms with van der Waals surface area (Å²) in [6, 6.07) is 4.11. The Morgan fingerprint density at radius 3 is 2.67 bits per heavy atom. The highest BCUT2D eigenvalue weighted by atomic mass is 16.5. The molecule has 1 saturated carbocycles. The number of ether oxygens (including phenoxy) is 3. The molecule has 1 aromatic heterocycles. The van der Waals surface area contributed by atoms with E-state index in [1.807, 2.05) is 6.20 Å². The van der Waals surface area contributed by atoms with Crippen molar-refractivity contribution in [2.75, 3.05) is 38.8 Å². The molecule has 0 radical (unpaired) electrons. The van der Waals surface area contributed by atoms with Gasteiger partial charge in [-0.05, 0) is 43.7 Å². The minimum absolute atomic E-state index is 0.381. The van der Waals surface area contributed by atoms with Crippen LogP contribution in [-0.4, -0.2) is 57.2 Å². The van der Waals surface area contributed by atoms with E-state index in [-0.39, 0.29) is 0 Å². The van der Waals surface area contributed by atoms with Crippen molar-refractivity contribution in [1.29, 1.82) is 0 Å². The van der Waals surface area contributed by atoms with E-state index in [0.717, 1.165) is 44.5 Å². The van der Waals surface area contributed by atoms with Crippen LogP contribution in [0.5, 0.6) is 0 Å². The van der Waals surface area contributed by atoms with Gasteiger partial charge in [-0.2, -0.15) is 0 Å². The third-order valence-corrected chi connectivity index (χ3v) is 4.75. The third kappa shape index (κ3) is 4.47. The molecule has 0 amide bonds. The summed E-state index contributed by atoms with van der Waals surface area (Å²) >= 11 is 0. The lowest BCUT2D eigenvalue weighted by Gasteiger charge is -2.40. The summed E-state index contributed by atoms with van der Waals surface area (Å²) in [5.74, 6) is 5.98. The second kappa shape index (κ2) is 8.48. The minimum Gasteiger partial charge on any atom is -0.381 e. The van der Waals surface area contributed by atoms with Crippen LogP contribution < -0.4 is 4.90 Å². The number of hydrogen-bond donors (Lipinski definition) is 0. The van der Waals surface area contributed by atoms with Gasteiger partial charge in [-0.15, -0.1) is 0 Å². The molecule has 130 valence electrons. The summed E-state index contributed by atoms with van der Waals surface area (Å²) in [6.07, 6.45) is 7.25. The maximum absolute atomic E-state index is 6.18. The van der Waals surface area contributed by atoms with Crippen molar-refractivity contribution in [3.63, 3.8) is 0 Å². The average Bonchev–Trinajstić information content (AvgIpc) is 2.59. The number of pyridine rings is 1. The van der Waals surface area contributed by atoms with E-state index in [4.69, 9.17) is 14.2 Å². The Labute approximate surface area is 144 Å². The molecule has 0 N–H and O–H groups in total. The first-order valence-electron chi connectivity index (χ1n) is 8.65. The van der Waals surface area contributed by atoms with E-state index < -0.39 is 0 Å². The topological polar surface area (TPSA) is 43.8 Å². The van der Waals surface area contributed by atoms with Gasteiger partial charge >= 0.3 is 0 Å². The molecular weight excluding hydrogens is 304 g/mol. The Balaban J connectivity index is 1.48. The van der Waals surface area contributed by atoms with E-state index >= 15 is 0 Å². The van der Waals surface area contributed by atoms with E-state index in [1.165, 1.54) is 5.69 Å². The van der Waals surface area contributed by atoms with Crippen LogP contribution in [0, 0.1) is 11.8 Å². The normalized spacial score (nSPS) is 24.2. The molecule has 1 aromatic rings. The zero-order chi connectivity index (χ0) is 16.8. The van der Waals surface area contributed by atoms with Gasteiger partial charge in [0.1, 0.15) is 12.3 Å². The zero-order valence-corrected chi connectivity index (χ0v) is 14.5. The lowest BCUT2D eigenvalue weighted by molar-refractivity contribution is -0.119. The fraction of sp³-hybridized carbons (Fsp3) is 0.632. The fourth-order valence-electron chi connectivity index (χ4n) is 3.23. The smallest absolute Gasteiger partial charge is 0.115 e. The summed E-state index contributed by atoms with van der Waals surface area (Å²) in [5, 5.41) is 0. The van der Waals surface area contributed by atoms with Gasteiger partial charge in [0.25, 0.3) is 0 Å². The maximum atomic E-state index is 6.18. The molecule has 2 heterocycles. The van der Waals surface area contributed by atoms with Crippen LogP contribution in [0.3, 0.4) is 0 Å². The van der Waals surface area contributed by atoms with Crippen LogP contribution in [0.25, 0.3) is 0 Å². The van der Waals surface area contributed by atoms with Crippen LogP contribution >= 0.6 is 0 Å². The van der Waals surface area contributed by atoms with Crippen LogP contribution in [0.4, 0.5) is 5.69 Å². The number of methoxy groups -OCH3 is 2. The first-order valence-corrected chi connectivity index (χ1v) is 8.65. The van der Waals surface area contributed by atoms with Crippen molar-refractivity contribution in [1.82, 2.24) is 4.98 Å². The van der Waals surface area contributed by atoms with Crippen LogP contribution in [0.1, 0.15) is 31.4 Å². The number of hydrogen-bond acceptors (Lipinski definition) is 5. The van der Waals surface area contributed by atoms with Gasteiger partial charge in [0, 0.05) is 39.2 Å². The Kier molecular flexibility index (Phi) is 6.08. The lowest BCUT2D eigenvalue weighted by atomic mass is 9.91. The molecule has 0 aromatic carbocycles. The third-order valence-electron chi connectivity index (χ3n) is 4.75. The van der Waals surface area contributed by atoms with Crippen molar-refractivity contribution in [2.45, 2.75) is 44.0 Å². The SMILES string of the molecule is COCC#Cc1cc(N2CCC(OC3CC(OC)C3)CC2)ccn1. The summed E-state index contributed by atoms with van der Waals surface area (Å²) in [4.78, 5) is 6.69. The van der Waals surface area contributed by atoms with Crippen molar-refractivity contribution in [3.05, 3.63) is 24.0 Å². The first kappa shape index (κ1) is 17.2. The Morgan fingerprint density at radius 1 is 1.17 bits per heavy atom. The molecule has 0 bridgehead atoms. The molecule has 2 fully saturated rings. The average molecular weight is 330 g/mol. The second-order valence-corrected chi connectivity index (χ2v) is 6.41. The Hall–Kier alpha value is -1.61. The monoisotopic (exact) mass is 330 g/mol. The molecule has 0 spiro atoms.